The molecule has 0 aliphatic rings. The third-order valence-electron chi connectivity index (χ3n) is 2.76. The Kier molecular flexibility index (Phi) is 3.66. The number of nitrogens with zero attached hydrogens (tertiary/aromatic N) is 1. The van der Waals surface area contributed by atoms with Crippen LogP contribution >= 0.6 is 0 Å². The first-order valence-electron chi connectivity index (χ1n) is 5.81. The number of allylic oxidation sites excluding steroid dienone is 1. The molecule has 2 aromatic rings. The topological polar surface area (TPSA) is 30.0 Å². The maximum Gasteiger partial charge on any atom is 0.163 e. The number of aromatic nitrogens is 1. The van der Waals surface area contributed by atoms with Gasteiger partial charge in [0.2, 0.25) is 0 Å². The lowest BCUT2D eigenvalue weighted by Crippen LogP contribution is -2.00. The third kappa shape index (κ3) is 2.59. The number of hydrogen-bond donors (Lipinski definition) is 0. The Morgan fingerprint density at radius 3 is 2.94 bits per heavy atom. The molecule has 0 amide bonds. The lowest BCUT2D eigenvalue weighted by molar-refractivity contribution is 0.0982. The Morgan fingerprint density at radius 1 is 1.29 bits per heavy atom. The summed E-state index contributed by atoms with van der Waals surface area (Å²) in [7, 11) is 0. The summed E-state index contributed by atoms with van der Waals surface area (Å²) in [6.07, 6.45) is 5.86. The number of fused-ring (bicyclic) bond motifs is 1. The summed E-state index contributed by atoms with van der Waals surface area (Å²) in [5, 5.41) is 0.943. The van der Waals surface area contributed by atoms with E-state index in [1.165, 1.54) is 0 Å². The number of hydrogen-bond acceptors (Lipinski definition) is 2. The molecule has 0 radical (unpaired) electrons. The van der Waals surface area contributed by atoms with Crippen LogP contribution in [0.3, 0.4) is 0 Å². The summed E-state index contributed by atoms with van der Waals surface area (Å²) in [5.74, 6) is 0.186. The molecule has 0 saturated carbocycles. The molecule has 86 valence electrons. The predicted molar refractivity (Wildman–Crippen MR) is 70.1 cm³/mol. The predicted octanol–water partition coefficient (Wildman–Crippen LogP) is 3.77. The van der Waals surface area contributed by atoms with Crippen LogP contribution < -0.4 is 0 Å². The van der Waals surface area contributed by atoms with Gasteiger partial charge in [-0.15, -0.1) is 6.58 Å². The molecule has 2 rings (SSSR count). The smallest absolute Gasteiger partial charge is 0.163 e. The summed E-state index contributed by atoms with van der Waals surface area (Å²) >= 11 is 0. The summed E-state index contributed by atoms with van der Waals surface area (Å²) in [6.45, 7) is 3.66. The van der Waals surface area contributed by atoms with Crippen LogP contribution in [0, 0.1) is 0 Å². The first-order chi connectivity index (χ1) is 8.33. The van der Waals surface area contributed by atoms with Gasteiger partial charge >= 0.3 is 0 Å². The number of benzene rings is 1. The van der Waals surface area contributed by atoms with Gasteiger partial charge in [-0.2, -0.15) is 0 Å². The van der Waals surface area contributed by atoms with Crippen molar-refractivity contribution in [2.45, 2.75) is 19.3 Å². The zero-order valence-electron chi connectivity index (χ0n) is 9.73. The lowest BCUT2D eigenvalue weighted by atomic mass is 10.0. The van der Waals surface area contributed by atoms with Crippen LogP contribution in [0.2, 0.25) is 0 Å². The molecule has 0 unspecified atom stereocenters. The van der Waals surface area contributed by atoms with Crippen molar-refractivity contribution < 1.29 is 4.79 Å². The van der Waals surface area contributed by atoms with Crippen molar-refractivity contribution in [2.75, 3.05) is 0 Å². The minimum absolute atomic E-state index is 0.186. The van der Waals surface area contributed by atoms with E-state index in [-0.39, 0.29) is 5.78 Å². The lowest BCUT2D eigenvalue weighted by Gasteiger charge is -2.04. The van der Waals surface area contributed by atoms with Gasteiger partial charge in [-0.1, -0.05) is 24.3 Å². The Labute approximate surface area is 101 Å². The zero-order valence-corrected chi connectivity index (χ0v) is 9.73. The van der Waals surface area contributed by atoms with Gasteiger partial charge in [-0.05, 0) is 25.0 Å². The molecule has 0 saturated heterocycles. The Hall–Kier alpha value is -1.96. The van der Waals surface area contributed by atoms with Crippen LogP contribution in [0.1, 0.15) is 29.6 Å². The molecule has 0 fully saturated rings. The first-order valence-corrected chi connectivity index (χ1v) is 5.81. The first kappa shape index (κ1) is 11.5. The van der Waals surface area contributed by atoms with Crippen LogP contribution in [0.4, 0.5) is 0 Å². The van der Waals surface area contributed by atoms with Gasteiger partial charge in [0.25, 0.3) is 0 Å². The molecular formula is C15H15NO. The van der Waals surface area contributed by atoms with E-state index in [4.69, 9.17) is 0 Å². The van der Waals surface area contributed by atoms with Crippen LogP contribution in [-0.4, -0.2) is 10.8 Å². The average molecular weight is 225 g/mol. The highest BCUT2D eigenvalue weighted by Gasteiger charge is 2.09. The Balaban J connectivity index is 2.28. The number of rotatable bonds is 5. The van der Waals surface area contributed by atoms with Gasteiger partial charge < -0.3 is 0 Å². The number of carbonyl (C=O) groups is 1. The summed E-state index contributed by atoms with van der Waals surface area (Å²) in [4.78, 5) is 16.3. The average Bonchev–Trinajstić information content (AvgIpc) is 2.38. The van der Waals surface area contributed by atoms with Crippen LogP contribution in [0.15, 0.2) is 49.2 Å². The molecule has 1 heterocycles. The van der Waals surface area contributed by atoms with E-state index in [2.05, 4.69) is 11.6 Å². The number of Topliss-reactive ketones (excluding diaryl/α,β-unsaturated/α-hetero) is 1. The van der Waals surface area contributed by atoms with Gasteiger partial charge in [0.1, 0.15) is 0 Å². The molecule has 17 heavy (non-hydrogen) atoms. The SMILES string of the molecule is C=CCCCC(=O)c1ccnc2ccccc12. The van der Waals surface area contributed by atoms with Crippen LogP contribution in [0.25, 0.3) is 10.9 Å². The highest BCUT2D eigenvalue weighted by atomic mass is 16.1. The van der Waals surface area contributed by atoms with E-state index in [9.17, 15) is 4.79 Å². The van der Waals surface area contributed by atoms with Gasteiger partial charge in [-0.3, -0.25) is 9.78 Å². The summed E-state index contributed by atoms with van der Waals surface area (Å²) in [6, 6.07) is 9.54. The highest BCUT2D eigenvalue weighted by Crippen LogP contribution is 2.18. The van der Waals surface area contributed by atoms with Crippen molar-refractivity contribution >= 4 is 16.7 Å². The van der Waals surface area contributed by atoms with Crippen molar-refractivity contribution in [1.29, 1.82) is 0 Å². The summed E-state index contributed by atoms with van der Waals surface area (Å²) < 4.78 is 0. The fourth-order valence-corrected chi connectivity index (χ4v) is 1.88. The molecular weight excluding hydrogens is 210 g/mol. The number of unbranched alkanes of at least 4 members (excludes halogenated alkanes) is 1. The summed E-state index contributed by atoms with van der Waals surface area (Å²) in [5.41, 5.74) is 1.65. The zero-order chi connectivity index (χ0) is 12.1. The normalized spacial score (nSPS) is 10.4. The number of pyridine rings is 1. The second-order valence-corrected chi connectivity index (χ2v) is 3.98. The second kappa shape index (κ2) is 5.39. The van der Waals surface area contributed by atoms with E-state index in [1.54, 1.807) is 12.3 Å². The van der Waals surface area contributed by atoms with E-state index >= 15 is 0 Å². The van der Waals surface area contributed by atoms with Gasteiger partial charge in [0.15, 0.2) is 5.78 Å². The number of ketones is 1. The fourth-order valence-electron chi connectivity index (χ4n) is 1.88. The van der Waals surface area contributed by atoms with E-state index in [0.29, 0.717) is 6.42 Å². The van der Waals surface area contributed by atoms with Crippen molar-refractivity contribution in [2.24, 2.45) is 0 Å². The molecule has 0 N–H and O–H groups in total. The minimum atomic E-state index is 0.186. The monoisotopic (exact) mass is 225 g/mol. The molecule has 2 nitrogen and oxygen atoms in total. The quantitative estimate of drug-likeness (QED) is 0.440. The molecule has 0 aliphatic heterocycles. The van der Waals surface area contributed by atoms with Crippen molar-refractivity contribution in [3.63, 3.8) is 0 Å². The van der Waals surface area contributed by atoms with Gasteiger partial charge in [-0.25, -0.2) is 0 Å². The molecule has 0 atom stereocenters. The third-order valence-corrected chi connectivity index (χ3v) is 2.76. The Morgan fingerprint density at radius 2 is 2.12 bits per heavy atom. The highest BCUT2D eigenvalue weighted by molar-refractivity contribution is 6.07. The van der Waals surface area contributed by atoms with Crippen molar-refractivity contribution in [3.05, 3.63) is 54.7 Å². The minimum Gasteiger partial charge on any atom is -0.294 e. The van der Waals surface area contributed by atoms with E-state index in [1.807, 2.05) is 30.3 Å². The number of carbonyl (C=O) groups excluding carboxylic acids is 1. The van der Waals surface area contributed by atoms with E-state index in [0.717, 1.165) is 29.3 Å². The molecule has 2 heteroatoms. The van der Waals surface area contributed by atoms with Gasteiger partial charge in [0.05, 0.1) is 5.52 Å². The molecule has 1 aromatic heterocycles. The number of para-hydroxylation sites is 1. The molecule has 0 spiro atoms. The van der Waals surface area contributed by atoms with Crippen molar-refractivity contribution in [1.82, 2.24) is 4.98 Å². The largest absolute Gasteiger partial charge is 0.294 e. The molecule has 0 aliphatic carbocycles. The van der Waals surface area contributed by atoms with Crippen LogP contribution in [-0.2, 0) is 0 Å². The van der Waals surface area contributed by atoms with Gasteiger partial charge in [0, 0.05) is 23.6 Å². The maximum atomic E-state index is 12.1. The Bertz CT molecular complexity index is 540. The van der Waals surface area contributed by atoms with E-state index < -0.39 is 0 Å². The van der Waals surface area contributed by atoms with Crippen LogP contribution in [0.5, 0.6) is 0 Å². The maximum absolute atomic E-state index is 12.1. The molecule has 1 aromatic carbocycles. The second-order valence-electron chi connectivity index (χ2n) is 3.98. The fraction of sp³-hybridized carbons (Fsp3) is 0.200. The standard InChI is InChI=1S/C15H15NO/c1-2-3-4-9-15(17)13-10-11-16-14-8-6-5-7-12(13)14/h2,5-8,10-11H,1,3-4,9H2. The van der Waals surface area contributed by atoms with Crippen molar-refractivity contribution in [3.8, 4) is 0 Å². The molecule has 0 bridgehead atoms.